The molecule has 4 N–H and O–H groups in total. The number of anilines is 2. The fraction of sp³-hybridized carbons (Fsp3) is 0.0667. The first kappa shape index (κ1) is 12.8. The molecule has 0 fully saturated rings. The molecule has 104 valence electrons. The summed E-state index contributed by atoms with van der Waals surface area (Å²) in [6.07, 6.45) is 0. The Balaban J connectivity index is 1.82. The predicted molar refractivity (Wildman–Crippen MR) is 79.7 cm³/mol. The number of nitrogen functional groups attached to an aromatic ring is 1. The largest absolute Gasteiger partial charge is 0.417 e. The molecule has 6 nitrogen and oxygen atoms in total. The molecule has 0 saturated heterocycles. The summed E-state index contributed by atoms with van der Waals surface area (Å²) in [6.45, 7) is 0.559. The summed E-state index contributed by atoms with van der Waals surface area (Å²) in [4.78, 5) is 13.7. The number of benzene rings is 2. The van der Waals surface area contributed by atoms with Crippen molar-refractivity contribution in [3.63, 3.8) is 0 Å². The average Bonchev–Trinajstić information content (AvgIpc) is 2.84. The van der Waals surface area contributed by atoms with E-state index >= 15 is 0 Å². The van der Waals surface area contributed by atoms with Gasteiger partial charge in [-0.05, 0) is 23.8 Å². The molecule has 3 rings (SSSR count). The van der Waals surface area contributed by atoms with Gasteiger partial charge in [-0.25, -0.2) is 4.79 Å². The van der Waals surface area contributed by atoms with Gasteiger partial charge in [-0.3, -0.25) is 4.98 Å². The minimum Gasteiger partial charge on any atom is -0.408 e. The number of aromatic nitrogens is 1. The molecule has 3 aromatic rings. The lowest BCUT2D eigenvalue weighted by Gasteiger charge is -2.09. The van der Waals surface area contributed by atoms with Crippen molar-refractivity contribution >= 4 is 22.5 Å². The molecule has 0 spiro atoms. The summed E-state index contributed by atoms with van der Waals surface area (Å²) in [5.41, 5.74) is 9.80. The van der Waals surface area contributed by atoms with E-state index < -0.39 is 5.76 Å². The first-order valence-corrected chi connectivity index (χ1v) is 6.31. The highest BCUT2D eigenvalue weighted by Crippen LogP contribution is 2.24. The third-order valence-electron chi connectivity index (χ3n) is 3.16. The number of H-pyrrole nitrogens is 1. The number of nitrogens with zero attached hydrogens (tertiary/aromatic N) is 1. The highest BCUT2D eigenvalue weighted by molar-refractivity contribution is 5.85. The Kier molecular flexibility index (Phi) is 3.09. The van der Waals surface area contributed by atoms with Crippen LogP contribution in [0.25, 0.3) is 11.1 Å². The second kappa shape index (κ2) is 5.06. The third kappa shape index (κ3) is 2.58. The molecule has 0 amide bonds. The molecule has 0 aliphatic carbocycles. The second-order valence-corrected chi connectivity index (χ2v) is 4.61. The Bertz CT molecular complexity index is 885. The van der Waals surface area contributed by atoms with Gasteiger partial charge in [-0.15, -0.1) is 0 Å². The van der Waals surface area contributed by atoms with Crippen molar-refractivity contribution in [2.24, 2.45) is 0 Å². The number of oxazole rings is 1. The van der Waals surface area contributed by atoms with E-state index in [0.717, 1.165) is 5.56 Å². The van der Waals surface area contributed by atoms with Crippen molar-refractivity contribution in [2.45, 2.75) is 6.54 Å². The van der Waals surface area contributed by atoms with Gasteiger partial charge in [0.1, 0.15) is 0 Å². The topological polar surface area (TPSA) is 108 Å². The van der Waals surface area contributed by atoms with Crippen molar-refractivity contribution in [3.05, 3.63) is 58.1 Å². The molecule has 0 atom stereocenters. The standard InChI is InChI=1S/C15H12N4O2/c16-7-9-1-3-10(4-2-9)8-18-12-6-13-14(5-11(12)17)21-15(20)19-13/h1-6,18H,8,17H2,(H,19,20). The van der Waals surface area contributed by atoms with Crippen LogP contribution in [0.2, 0.25) is 0 Å². The third-order valence-corrected chi connectivity index (χ3v) is 3.16. The Morgan fingerprint density at radius 1 is 1.29 bits per heavy atom. The number of nitrogens with one attached hydrogen (secondary N) is 2. The summed E-state index contributed by atoms with van der Waals surface area (Å²) < 4.78 is 4.94. The molecule has 0 aliphatic rings. The summed E-state index contributed by atoms with van der Waals surface area (Å²) >= 11 is 0. The van der Waals surface area contributed by atoms with Crippen molar-refractivity contribution in [3.8, 4) is 6.07 Å². The summed E-state index contributed by atoms with van der Waals surface area (Å²) in [5, 5.41) is 12.0. The van der Waals surface area contributed by atoms with Gasteiger partial charge in [0.15, 0.2) is 5.58 Å². The number of nitrogens with two attached hydrogens (primary N) is 1. The van der Waals surface area contributed by atoms with Crippen LogP contribution in [0.5, 0.6) is 0 Å². The molecule has 0 bridgehead atoms. The van der Waals surface area contributed by atoms with E-state index in [1.165, 1.54) is 0 Å². The van der Waals surface area contributed by atoms with Crippen LogP contribution in [0.4, 0.5) is 11.4 Å². The maximum atomic E-state index is 11.1. The Labute approximate surface area is 119 Å². The van der Waals surface area contributed by atoms with Crippen LogP contribution in [0, 0.1) is 11.3 Å². The number of aromatic amines is 1. The van der Waals surface area contributed by atoms with Gasteiger partial charge in [-0.1, -0.05) is 12.1 Å². The lowest BCUT2D eigenvalue weighted by atomic mass is 10.1. The summed E-state index contributed by atoms with van der Waals surface area (Å²) in [7, 11) is 0. The minimum absolute atomic E-state index is 0.432. The number of nitriles is 1. The van der Waals surface area contributed by atoms with E-state index in [1.807, 2.05) is 12.1 Å². The maximum absolute atomic E-state index is 11.1. The van der Waals surface area contributed by atoms with E-state index in [9.17, 15) is 4.79 Å². The van der Waals surface area contributed by atoms with E-state index in [1.54, 1.807) is 24.3 Å². The van der Waals surface area contributed by atoms with Crippen LogP contribution in [-0.4, -0.2) is 4.98 Å². The van der Waals surface area contributed by atoms with Gasteiger partial charge in [-0.2, -0.15) is 5.26 Å². The second-order valence-electron chi connectivity index (χ2n) is 4.61. The number of fused-ring (bicyclic) bond motifs is 1. The zero-order valence-electron chi connectivity index (χ0n) is 11.0. The summed E-state index contributed by atoms with van der Waals surface area (Å²) in [6, 6.07) is 12.7. The van der Waals surface area contributed by atoms with Crippen molar-refractivity contribution in [1.29, 1.82) is 5.26 Å². The molecular weight excluding hydrogens is 268 g/mol. The van der Waals surface area contributed by atoms with Gasteiger partial charge in [0.25, 0.3) is 0 Å². The van der Waals surface area contributed by atoms with E-state index in [-0.39, 0.29) is 0 Å². The molecule has 0 radical (unpaired) electrons. The van der Waals surface area contributed by atoms with Crippen LogP contribution in [0.1, 0.15) is 11.1 Å². The number of rotatable bonds is 3. The maximum Gasteiger partial charge on any atom is 0.417 e. The van der Waals surface area contributed by atoms with E-state index in [0.29, 0.717) is 34.6 Å². The predicted octanol–water partition coefficient (Wildman–Crippen LogP) is 2.19. The molecule has 6 heteroatoms. The SMILES string of the molecule is N#Cc1ccc(CNc2cc3[nH]c(=O)oc3cc2N)cc1. The smallest absolute Gasteiger partial charge is 0.408 e. The van der Waals surface area contributed by atoms with Gasteiger partial charge in [0.2, 0.25) is 0 Å². The Morgan fingerprint density at radius 3 is 2.76 bits per heavy atom. The molecule has 0 unspecified atom stereocenters. The van der Waals surface area contributed by atoms with Crippen molar-refractivity contribution in [2.75, 3.05) is 11.1 Å². The normalized spacial score (nSPS) is 10.4. The zero-order valence-corrected chi connectivity index (χ0v) is 11.0. The quantitative estimate of drug-likeness (QED) is 0.637. The van der Waals surface area contributed by atoms with Crippen LogP contribution < -0.4 is 16.8 Å². The number of hydrogen-bond donors (Lipinski definition) is 3. The molecule has 1 aromatic heterocycles. The first-order valence-electron chi connectivity index (χ1n) is 6.31. The van der Waals surface area contributed by atoms with Gasteiger partial charge < -0.3 is 15.5 Å². The van der Waals surface area contributed by atoms with E-state index in [2.05, 4.69) is 16.4 Å². The molecule has 0 aliphatic heterocycles. The minimum atomic E-state index is -0.506. The monoisotopic (exact) mass is 280 g/mol. The molecule has 2 aromatic carbocycles. The van der Waals surface area contributed by atoms with Gasteiger partial charge >= 0.3 is 5.76 Å². The molecule has 0 saturated carbocycles. The van der Waals surface area contributed by atoms with Crippen molar-refractivity contribution in [1.82, 2.24) is 4.98 Å². The Hall–Kier alpha value is -3.20. The summed E-state index contributed by atoms with van der Waals surface area (Å²) in [5.74, 6) is -0.506. The highest BCUT2D eigenvalue weighted by atomic mass is 16.4. The lowest BCUT2D eigenvalue weighted by molar-refractivity contribution is 0.555. The van der Waals surface area contributed by atoms with Crippen molar-refractivity contribution < 1.29 is 4.42 Å². The van der Waals surface area contributed by atoms with Gasteiger partial charge in [0.05, 0.1) is 28.5 Å². The lowest BCUT2D eigenvalue weighted by Crippen LogP contribution is -2.02. The number of hydrogen-bond acceptors (Lipinski definition) is 5. The van der Waals surface area contributed by atoms with Crippen LogP contribution in [0.3, 0.4) is 0 Å². The first-order chi connectivity index (χ1) is 10.2. The Morgan fingerprint density at radius 2 is 2.05 bits per heavy atom. The van der Waals surface area contributed by atoms with E-state index in [4.69, 9.17) is 15.4 Å². The molecular formula is C15H12N4O2. The average molecular weight is 280 g/mol. The van der Waals surface area contributed by atoms with Crippen LogP contribution in [0.15, 0.2) is 45.6 Å². The highest BCUT2D eigenvalue weighted by Gasteiger charge is 2.06. The fourth-order valence-electron chi connectivity index (χ4n) is 2.06. The van der Waals surface area contributed by atoms with Crippen LogP contribution in [-0.2, 0) is 6.54 Å². The zero-order chi connectivity index (χ0) is 14.8. The fourth-order valence-corrected chi connectivity index (χ4v) is 2.06. The molecule has 1 heterocycles. The molecule has 21 heavy (non-hydrogen) atoms. The van der Waals surface area contributed by atoms with Gasteiger partial charge in [0, 0.05) is 12.6 Å². The van der Waals surface area contributed by atoms with Crippen LogP contribution >= 0.6 is 0 Å².